The number of anilines is 3. The SMILES string of the molecule is CCOC(=O)N1CCC(Nc2cc(Nc3ccccc3C(C)(C)C)ncn2)CC1. The topological polar surface area (TPSA) is 79.4 Å². The lowest BCUT2D eigenvalue weighted by Gasteiger charge is -2.31. The molecule has 0 saturated carbocycles. The van der Waals surface area contributed by atoms with Gasteiger partial charge in [0.15, 0.2) is 0 Å². The van der Waals surface area contributed by atoms with E-state index in [-0.39, 0.29) is 17.6 Å². The van der Waals surface area contributed by atoms with Gasteiger partial charge in [0.1, 0.15) is 18.0 Å². The van der Waals surface area contributed by atoms with Crippen LogP contribution in [0, 0.1) is 0 Å². The molecular formula is C22H31N5O2. The number of amides is 1. The highest BCUT2D eigenvalue weighted by atomic mass is 16.6. The molecule has 1 amide bonds. The quantitative estimate of drug-likeness (QED) is 0.770. The van der Waals surface area contributed by atoms with Gasteiger partial charge >= 0.3 is 6.09 Å². The fourth-order valence-corrected chi connectivity index (χ4v) is 3.52. The number of ether oxygens (including phenoxy) is 1. The Labute approximate surface area is 172 Å². The van der Waals surface area contributed by atoms with E-state index in [1.165, 1.54) is 5.56 Å². The number of likely N-dealkylation sites (tertiary alicyclic amines) is 1. The van der Waals surface area contributed by atoms with Crippen molar-refractivity contribution < 1.29 is 9.53 Å². The zero-order valence-electron chi connectivity index (χ0n) is 17.7. The molecule has 29 heavy (non-hydrogen) atoms. The van der Waals surface area contributed by atoms with Gasteiger partial charge in [0.2, 0.25) is 0 Å². The van der Waals surface area contributed by atoms with Gasteiger partial charge in [0, 0.05) is 30.9 Å². The number of benzene rings is 1. The molecule has 1 aromatic carbocycles. The molecule has 1 saturated heterocycles. The number of piperidine rings is 1. The molecule has 0 radical (unpaired) electrons. The van der Waals surface area contributed by atoms with Crippen molar-refractivity contribution in [3.63, 3.8) is 0 Å². The highest BCUT2D eigenvalue weighted by Gasteiger charge is 2.24. The van der Waals surface area contributed by atoms with Gasteiger partial charge in [-0.25, -0.2) is 14.8 Å². The number of carbonyl (C=O) groups excluding carboxylic acids is 1. The molecule has 2 heterocycles. The van der Waals surface area contributed by atoms with Crippen LogP contribution in [0.25, 0.3) is 0 Å². The van der Waals surface area contributed by atoms with Crippen LogP contribution in [-0.2, 0) is 10.2 Å². The number of nitrogens with zero attached hydrogens (tertiary/aromatic N) is 3. The van der Waals surface area contributed by atoms with E-state index in [1.54, 1.807) is 11.2 Å². The van der Waals surface area contributed by atoms with Crippen LogP contribution >= 0.6 is 0 Å². The number of hydrogen-bond acceptors (Lipinski definition) is 6. The third-order valence-corrected chi connectivity index (χ3v) is 5.04. The molecular weight excluding hydrogens is 366 g/mol. The van der Waals surface area contributed by atoms with Gasteiger partial charge in [-0.15, -0.1) is 0 Å². The molecule has 156 valence electrons. The van der Waals surface area contributed by atoms with Gasteiger partial charge in [-0.05, 0) is 36.8 Å². The third kappa shape index (κ3) is 5.59. The van der Waals surface area contributed by atoms with E-state index in [4.69, 9.17) is 4.74 Å². The van der Waals surface area contributed by atoms with Crippen LogP contribution in [0.2, 0.25) is 0 Å². The van der Waals surface area contributed by atoms with Crippen LogP contribution < -0.4 is 10.6 Å². The minimum atomic E-state index is -0.225. The Kier molecular flexibility index (Phi) is 6.56. The average Bonchev–Trinajstić information content (AvgIpc) is 2.69. The predicted molar refractivity (Wildman–Crippen MR) is 116 cm³/mol. The minimum Gasteiger partial charge on any atom is -0.450 e. The maximum atomic E-state index is 11.8. The monoisotopic (exact) mass is 397 g/mol. The van der Waals surface area contributed by atoms with E-state index in [2.05, 4.69) is 59.6 Å². The van der Waals surface area contributed by atoms with E-state index in [0.717, 1.165) is 30.2 Å². The van der Waals surface area contributed by atoms with Gasteiger partial charge in [-0.2, -0.15) is 0 Å². The third-order valence-electron chi connectivity index (χ3n) is 5.04. The van der Waals surface area contributed by atoms with Crippen molar-refractivity contribution >= 4 is 23.4 Å². The molecule has 7 nitrogen and oxygen atoms in total. The van der Waals surface area contributed by atoms with Gasteiger partial charge in [0.25, 0.3) is 0 Å². The maximum Gasteiger partial charge on any atom is 0.409 e. The first kappa shape index (κ1) is 20.9. The number of nitrogens with one attached hydrogen (secondary N) is 2. The number of aromatic nitrogens is 2. The van der Waals surface area contributed by atoms with E-state index in [9.17, 15) is 4.79 Å². The Bertz CT molecular complexity index is 826. The first-order valence-electron chi connectivity index (χ1n) is 10.2. The van der Waals surface area contributed by atoms with Crippen LogP contribution in [0.3, 0.4) is 0 Å². The first-order valence-corrected chi connectivity index (χ1v) is 10.2. The van der Waals surface area contributed by atoms with Gasteiger partial charge in [-0.1, -0.05) is 39.0 Å². The molecule has 1 aromatic heterocycles. The smallest absolute Gasteiger partial charge is 0.409 e. The molecule has 2 aromatic rings. The summed E-state index contributed by atoms with van der Waals surface area (Å²) in [5, 5.41) is 6.91. The highest BCUT2D eigenvalue weighted by molar-refractivity contribution is 5.67. The van der Waals surface area contributed by atoms with Crippen molar-refractivity contribution in [3.05, 3.63) is 42.2 Å². The van der Waals surface area contributed by atoms with Crippen molar-refractivity contribution in [1.82, 2.24) is 14.9 Å². The number of carbonyl (C=O) groups is 1. The Hall–Kier alpha value is -2.83. The van der Waals surface area contributed by atoms with Crippen LogP contribution in [0.1, 0.15) is 46.1 Å². The summed E-state index contributed by atoms with van der Waals surface area (Å²) >= 11 is 0. The standard InChI is InChI=1S/C22H31N5O2/c1-5-29-21(28)27-12-10-16(11-13-27)25-19-14-20(24-15-23-19)26-18-9-7-6-8-17(18)22(2,3)4/h6-9,14-16H,5,10-13H2,1-4H3,(H2,23,24,25,26). The fourth-order valence-electron chi connectivity index (χ4n) is 3.52. The molecule has 3 rings (SSSR count). The second-order valence-corrected chi connectivity index (χ2v) is 8.31. The van der Waals surface area contributed by atoms with Gasteiger partial charge in [0.05, 0.1) is 6.61 Å². The Morgan fingerprint density at radius 3 is 2.55 bits per heavy atom. The van der Waals surface area contributed by atoms with E-state index in [1.807, 2.05) is 19.1 Å². The van der Waals surface area contributed by atoms with E-state index < -0.39 is 0 Å². The second-order valence-electron chi connectivity index (χ2n) is 8.31. The molecule has 0 spiro atoms. The first-order chi connectivity index (χ1) is 13.9. The van der Waals surface area contributed by atoms with E-state index in [0.29, 0.717) is 19.7 Å². The molecule has 1 aliphatic heterocycles. The number of hydrogen-bond donors (Lipinski definition) is 2. The van der Waals surface area contributed by atoms with Crippen molar-refractivity contribution in [2.45, 2.75) is 52.0 Å². The van der Waals surface area contributed by atoms with Gasteiger partial charge < -0.3 is 20.3 Å². The van der Waals surface area contributed by atoms with E-state index >= 15 is 0 Å². The zero-order valence-corrected chi connectivity index (χ0v) is 17.7. The lowest BCUT2D eigenvalue weighted by atomic mass is 9.86. The van der Waals surface area contributed by atoms with Crippen LogP contribution in [0.15, 0.2) is 36.7 Å². The van der Waals surface area contributed by atoms with Crippen molar-refractivity contribution in [3.8, 4) is 0 Å². The second kappa shape index (κ2) is 9.11. The Morgan fingerprint density at radius 2 is 1.86 bits per heavy atom. The summed E-state index contributed by atoms with van der Waals surface area (Å²) in [6, 6.07) is 10.5. The highest BCUT2D eigenvalue weighted by Crippen LogP contribution is 2.31. The summed E-state index contributed by atoms with van der Waals surface area (Å²) in [5.74, 6) is 1.54. The van der Waals surface area contributed by atoms with Crippen molar-refractivity contribution in [2.75, 3.05) is 30.3 Å². The molecule has 0 aliphatic carbocycles. The predicted octanol–water partition coefficient (Wildman–Crippen LogP) is 4.55. The summed E-state index contributed by atoms with van der Waals surface area (Å²) < 4.78 is 5.08. The molecule has 0 atom stereocenters. The van der Waals surface area contributed by atoms with Crippen LogP contribution in [0.5, 0.6) is 0 Å². The van der Waals surface area contributed by atoms with Gasteiger partial charge in [-0.3, -0.25) is 0 Å². The zero-order chi connectivity index (χ0) is 20.9. The summed E-state index contributed by atoms with van der Waals surface area (Å²) in [7, 11) is 0. The number of para-hydroxylation sites is 1. The summed E-state index contributed by atoms with van der Waals surface area (Å²) in [6.07, 6.45) is 3.06. The summed E-state index contributed by atoms with van der Waals surface area (Å²) in [6.45, 7) is 10.2. The largest absolute Gasteiger partial charge is 0.450 e. The molecule has 0 bridgehead atoms. The normalized spacial score (nSPS) is 15.1. The lowest BCUT2D eigenvalue weighted by molar-refractivity contribution is 0.0983. The van der Waals surface area contributed by atoms with Crippen molar-refractivity contribution in [2.24, 2.45) is 0 Å². The average molecular weight is 398 g/mol. The minimum absolute atomic E-state index is 0.0323. The Balaban J connectivity index is 1.62. The molecule has 0 unspecified atom stereocenters. The lowest BCUT2D eigenvalue weighted by Crippen LogP contribution is -2.42. The fraction of sp³-hybridized carbons (Fsp3) is 0.500. The molecule has 7 heteroatoms. The van der Waals surface area contributed by atoms with Crippen molar-refractivity contribution in [1.29, 1.82) is 0 Å². The summed E-state index contributed by atoms with van der Waals surface area (Å²) in [5.41, 5.74) is 2.32. The molecule has 1 fully saturated rings. The summed E-state index contributed by atoms with van der Waals surface area (Å²) in [4.78, 5) is 22.3. The van der Waals surface area contributed by atoms with Crippen LogP contribution in [-0.4, -0.2) is 46.7 Å². The Morgan fingerprint density at radius 1 is 1.17 bits per heavy atom. The molecule has 2 N–H and O–H groups in total. The van der Waals surface area contributed by atoms with Crippen LogP contribution in [0.4, 0.5) is 22.1 Å². The molecule has 1 aliphatic rings. The maximum absolute atomic E-state index is 11.8. The number of rotatable bonds is 5.